The maximum absolute atomic E-state index is 4.16. The smallest absolute Gasteiger partial charge is 0.115 e. The van der Waals surface area contributed by atoms with Gasteiger partial charge in [0.05, 0.1) is 0 Å². The maximum Gasteiger partial charge on any atom is 0.115 e. The lowest BCUT2D eigenvalue weighted by molar-refractivity contribution is 0.885. The van der Waals surface area contributed by atoms with Gasteiger partial charge < -0.3 is 0 Å². The predicted octanol–water partition coefficient (Wildman–Crippen LogP) is 2.91. The van der Waals surface area contributed by atoms with Crippen LogP contribution in [-0.2, 0) is 0 Å². The Morgan fingerprint density at radius 2 is 2.40 bits per heavy atom. The zero-order valence-corrected chi connectivity index (χ0v) is 7.11. The third kappa shape index (κ3) is 1.45. The summed E-state index contributed by atoms with van der Waals surface area (Å²) in [5.74, 6) is 0.589. The molecule has 0 radical (unpaired) electrons. The molecule has 1 aromatic rings. The van der Waals surface area contributed by atoms with Crippen LogP contribution in [0, 0.1) is 0 Å². The van der Waals surface area contributed by atoms with Crippen molar-refractivity contribution < 1.29 is 0 Å². The minimum Gasteiger partial charge on any atom is -0.245 e. The Balaban J connectivity index is 2.88. The number of hydrogen-bond acceptors (Lipinski definition) is 2. The normalized spacial score (nSPS) is 10.3. The van der Waals surface area contributed by atoms with Crippen molar-refractivity contribution in [2.45, 2.75) is 19.8 Å². The number of nitrogens with zero attached hydrogens (tertiary/aromatic N) is 1. The fourth-order valence-electron chi connectivity index (χ4n) is 0.662. The van der Waals surface area contributed by atoms with Crippen LogP contribution in [0.25, 0.3) is 6.08 Å². The summed E-state index contributed by atoms with van der Waals surface area (Å²) in [6, 6.07) is 0. The topological polar surface area (TPSA) is 12.9 Å². The van der Waals surface area contributed by atoms with Crippen LogP contribution >= 0.6 is 11.3 Å². The first-order valence-electron chi connectivity index (χ1n) is 3.32. The summed E-state index contributed by atoms with van der Waals surface area (Å²) in [5, 5.41) is 1.02. The molecule has 0 fully saturated rings. The number of hydrogen-bond donors (Lipinski definition) is 0. The highest BCUT2D eigenvalue weighted by Crippen LogP contribution is 2.21. The van der Waals surface area contributed by atoms with Crippen molar-refractivity contribution in [1.29, 1.82) is 0 Å². The van der Waals surface area contributed by atoms with Gasteiger partial charge in [0.15, 0.2) is 0 Å². The molecule has 0 saturated heterocycles. The molecule has 2 heteroatoms. The van der Waals surface area contributed by atoms with Crippen molar-refractivity contribution in [2.75, 3.05) is 0 Å². The van der Waals surface area contributed by atoms with Crippen LogP contribution in [0.15, 0.2) is 12.8 Å². The average molecular weight is 153 g/mol. The highest BCUT2D eigenvalue weighted by atomic mass is 32.1. The lowest BCUT2D eigenvalue weighted by Gasteiger charge is -1.94. The quantitative estimate of drug-likeness (QED) is 0.636. The van der Waals surface area contributed by atoms with E-state index in [1.165, 1.54) is 4.88 Å². The Labute approximate surface area is 65.4 Å². The molecule has 1 rings (SSSR count). The molecular formula is C8H11NS. The molecule has 10 heavy (non-hydrogen) atoms. The first-order chi connectivity index (χ1) is 4.74. The third-order valence-electron chi connectivity index (χ3n) is 1.29. The molecule has 0 spiro atoms. The zero-order chi connectivity index (χ0) is 7.56. The Morgan fingerprint density at radius 1 is 1.70 bits per heavy atom. The van der Waals surface area contributed by atoms with Crippen molar-refractivity contribution in [1.82, 2.24) is 4.98 Å². The van der Waals surface area contributed by atoms with E-state index in [-0.39, 0.29) is 0 Å². The van der Waals surface area contributed by atoms with Gasteiger partial charge in [-0.3, -0.25) is 0 Å². The van der Waals surface area contributed by atoms with Gasteiger partial charge in [-0.05, 0) is 12.0 Å². The molecule has 1 nitrogen and oxygen atoms in total. The second kappa shape index (κ2) is 2.97. The molecule has 0 saturated carbocycles. The third-order valence-corrected chi connectivity index (χ3v) is 2.58. The molecule has 0 aliphatic rings. The van der Waals surface area contributed by atoms with Crippen molar-refractivity contribution in [2.24, 2.45) is 0 Å². The molecule has 0 N–H and O–H groups in total. The first-order valence-corrected chi connectivity index (χ1v) is 4.14. The summed E-state index contributed by atoms with van der Waals surface area (Å²) in [7, 11) is 0. The van der Waals surface area contributed by atoms with E-state index in [1.54, 1.807) is 17.4 Å². The summed E-state index contributed by atoms with van der Waals surface area (Å²) in [6.07, 6.45) is 3.71. The fourth-order valence-corrected chi connectivity index (χ4v) is 1.43. The van der Waals surface area contributed by atoms with E-state index in [9.17, 15) is 0 Å². The average Bonchev–Trinajstić information content (AvgIpc) is 2.34. The molecule has 1 aromatic heterocycles. The molecule has 0 aromatic carbocycles. The molecule has 0 bridgehead atoms. The maximum atomic E-state index is 4.16. The van der Waals surface area contributed by atoms with Gasteiger partial charge in [-0.1, -0.05) is 20.4 Å². The SMILES string of the molecule is C=Cc1ncc(C(C)C)s1. The first kappa shape index (κ1) is 7.48. The summed E-state index contributed by atoms with van der Waals surface area (Å²) in [6.45, 7) is 7.99. The van der Waals surface area contributed by atoms with E-state index in [0.717, 1.165) is 5.01 Å². The highest BCUT2D eigenvalue weighted by molar-refractivity contribution is 7.12. The molecule has 0 amide bonds. The Bertz CT molecular complexity index is 225. The Hall–Kier alpha value is -0.630. The summed E-state index contributed by atoms with van der Waals surface area (Å²) < 4.78 is 0. The minimum absolute atomic E-state index is 0.589. The van der Waals surface area contributed by atoms with Crippen LogP contribution in [0.5, 0.6) is 0 Å². The zero-order valence-electron chi connectivity index (χ0n) is 6.29. The van der Waals surface area contributed by atoms with E-state index in [0.29, 0.717) is 5.92 Å². The molecule has 0 aliphatic heterocycles. The molecule has 0 unspecified atom stereocenters. The van der Waals surface area contributed by atoms with E-state index in [1.807, 2.05) is 6.20 Å². The van der Waals surface area contributed by atoms with E-state index >= 15 is 0 Å². The summed E-state index contributed by atoms with van der Waals surface area (Å²) in [5.41, 5.74) is 0. The van der Waals surface area contributed by atoms with Crippen LogP contribution < -0.4 is 0 Å². The van der Waals surface area contributed by atoms with Crippen molar-refractivity contribution in [3.8, 4) is 0 Å². The lowest BCUT2D eigenvalue weighted by Crippen LogP contribution is -1.77. The Kier molecular flexibility index (Phi) is 2.22. The van der Waals surface area contributed by atoms with Gasteiger partial charge in [0.1, 0.15) is 5.01 Å². The van der Waals surface area contributed by atoms with Gasteiger partial charge in [0.25, 0.3) is 0 Å². The molecule has 0 aliphatic carbocycles. The second-order valence-electron chi connectivity index (χ2n) is 2.46. The molecule has 54 valence electrons. The summed E-state index contributed by atoms with van der Waals surface area (Å²) >= 11 is 1.71. The van der Waals surface area contributed by atoms with E-state index in [2.05, 4.69) is 25.4 Å². The predicted molar refractivity (Wildman–Crippen MR) is 46.3 cm³/mol. The van der Waals surface area contributed by atoms with Crippen LogP contribution in [0.4, 0.5) is 0 Å². The van der Waals surface area contributed by atoms with Gasteiger partial charge >= 0.3 is 0 Å². The van der Waals surface area contributed by atoms with E-state index in [4.69, 9.17) is 0 Å². The van der Waals surface area contributed by atoms with Crippen LogP contribution in [0.1, 0.15) is 29.7 Å². The lowest BCUT2D eigenvalue weighted by atomic mass is 10.2. The fraction of sp³-hybridized carbons (Fsp3) is 0.375. The minimum atomic E-state index is 0.589. The van der Waals surface area contributed by atoms with Crippen LogP contribution in [-0.4, -0.2) is 4.98 Å². The van der Waals surface area contributed by atoms with Gasteiger partial charge in [-0.15, -0.1) is 11.3 Å². The van der Waals surface area contributed by atoms with Crippen molar-refractivity contribution >= 4 is 17.4 Å². The molecule has 0 atom stereocenters. The van der Waals surface area contributed by atoms with Gasteiger partial charge in [-0.2, -0.15) is 0 Å². The van der Waals surface area contributed by atoms with Crippen LogP contribution in [0.3, 0.4) is 0 Å². The molecular weight excluding hydrogens is 142 g/mol. The van der Waals surface area contributed by atoms with Gasteiger partial charge in [0.2, 0.25) is 0 Å². The Morgan fingerprint density at radius 3 is 2.70 bits per heavy atom. The largest absolute Gasteiger partial charge is 0.245 e. The number of aromatic nitrogens is 1. The molecule has 1 heterocycles. The highest BCUT2D eigenvalue weighted by Gasteiger charge is 2.01. The van der Waals surface area contributed by atoms with Crippen LogP contribution in [0.2, 0.25) is 0 Å². The standard InChI is InChI=1S/C8H11NS/c1-4-8-9-5-7(10-8)6(2)3/h4-6H,1H2,2-3H3. The monoisotopic (exact) mass is 153 g/mol. The second-order valence-corrected chi connectivity index (χ2v) is 3.55. The van der Waals surface area contributed by atoms with Gasteiger partial charge in [0, 0.05) is 11.1 Å². The van der Waals surface area contributed by atoms with E-state index < -0.39 is 0 Å². The van der Waals surface area contributed by atoms with Gasteiger partial charge in [-0.25, -0.2) is 4.98 Å². The van der Waals surface area contributed by atoms with Crippen molar-refractivity contribution in [3.63, 3.8) is 0 Å². The summed E-state index contributed by atoms with van der Waals surface area (Å²) in [4.78, 5) is 5.49. The number of thiazole rings is 1. The number of rotatable bonds is 2. The van der Waals surface area contributed by atoms with Crippen molar-refractivity contribution in [3.05, 3.63) is 22.7 Å².